The van der Waals surface area contributed by atoms with Crippen molar-refractivity contribution in [1.82, 2.24) is 10.4 Å². The average molecular weight is 464 g/mol. The van der Waals surface area contributed by atoms with E-state index >= 15 is 0 Å². The van der Waals surface area contributed by atoms with Crippen molar-refractivity contribution in [3.8, 4) is 0 Å². The quantitative estimate of drug-likeness (QED) is 0.489. The number of methoxy groups -OCH3 is 1. The Bertz CT molecular complexity index is 926. The number of fused-ring (bicyclic) bond motifs is 1. The summed E-state index contributed by atoms with van der Waals surface area (Å²) in [5, 5.41) is -0.733. The molecule has 6 nitrogen and oxygen atoms in total. The summed E-state index contributed by atoms with van der Waals surface area (Å²) in [5.41, 5.74) is 1.40. The highest BCUT2D eigenvalue weighted by Crippen LogP contribution is 2.38. The van der Waals surface area contributed by atoms with E-state index in [1.807, 2.05) is 5.43 Å². The van der Waals surface area contributed by atoms with Crippen LogP contribution in [0, 0.1) is 0 Å². The first-order valence-corrected chi connectivity index (χ1v) is 8.09. The van der Waals surface area contributed by atoms with E-state index in [0.717, 1.165) is 19.2 Å². The summed E-state index contributed by atoms with van der Waals surface area (Å²) in [5.74, 6) is -0.500. The maximum atomic E-state index is 13.5. The van der Waals surface area contributed by atoms with Crippen LogP contribution in [0.25, 0.3) is 10.9 Å². The number of rotatable bonds is 5. The molecule has 31 heavy (non-hydrogen) atoms. The van der Waals surface area contributed by atoms with Gasteiger partial charge in [0.25, 0.3) is 0 Å². The van der Waals surface area contributed by atoms with Crippen LogP contribution in [0.3, 0.4) is 0 Å². The van der Waals surface area contributed by atoms with Crippen LogP contribution in [0.1, 0.15) is 5.56 Å². The maximum Gasteiger partial charge on any atom is 0.425 e. The van der Waals surface area contributed by atoms with Crippen LogP contribution in [0.2, 0.25) is 0 Å². The standard InChI is InChI=1S/C16H13F9N4O2/c1-31-13(30)28-27-12-5-10(16(23,24)25)9-4-8(2-3-11(9)26-12)29(6-14(17,18)19)7-15(20,21)22/h2-5H,6-7H2,1H3,(H,26,27)(H,28,30). The third-order valence-corrected chi connectivity index (χ3v) is 3.68. The van der Waals surface area contributed by atoms with Gasteiger partial charge in [-0.25, -0.2) is 15.2 Å². The summed E-state index contributed by atoms with van der Waals surface area (Å²) in [7, 11) is 0.987. The number of nitrogens with one attached hydrogen (secondary N) is 2. The number of carbonyl (C=O) groups is 1. The molecule has 2 rings (SSSR count). The van der Waals surface area contributed by atoms with Gasteiger partial charge in [0.05, 0.1) is 18.2 Å². The molecular formula is C16H13F9N4O2. The Hall–Kier alpha value is -3.13. The second-order valence-corrected chi connectivity index (χ2v) is 6.08. The van der Waals surface area contributed by atoms with Gasteiger partial charge in [-0.3, -0.25) is 5.43 Å². The molecular weight excluding hydrogens is 451 g/mol. The van der Waals surface area contributed by atoms with Crippen LogP contribution < -0.4 is 15.8 Å². The Morgan fingerprint density at radius 3 is 2.06 bits per heavy atom. The number of nitrogens with zero attached hydrogens (tertiary/aromatic N) is 2. The van der Waals surface area contributed by atoms with Crippen molar-refractivity contribution in [3.05, 3.63) is 29.8 Å². The summed E-state index contributed by atoms with van der Waals surface area (Å²) < 4.78 is 121. The first kappa shape index (κ1) is 24.1. The molecule has 0 aliphatic carbocycles. The lowest BCUT2D eigenvalue weighted by Crippen LogP contribution is -2.40. The SMILES string of the molecule is COC(=O)NNc1cc(C(F)(F)F)c2cc(N(CC(F)(F)F)CC(F)(F)F)ccc2n1. The van der Waals surface area contributed by atoms with E-state index < -0.39 is 65.7 Å². The number of pyridine rings is 1. The Kier molecular flexibility index (Phi) is 6.66. The van der Waals surface area contributed by atoms with Crippen molar-refractivity contribution in [2.45, 2.75) is 18.5 Å². The van der Waals surface area contributed by atoms with Crippen LogP contribution in [0.15, 0.2) is 24.3 Å². The van der Waals surface area contributed by atoms with E-state index in [2.05, 4.69) is 15.1 Å². The zero-order valence-corrected chi connectivity index (χ0v) is 15.3. The highest BCUT2D eigenvalue weighted by molar-refractivity contribution is 5.88. The Morgan fingerprint density at radius 2 is 1.58 bits per heavy atom. The van der Waals surface area contributed by atoms with E-state index in [1.54, 1.807) is 0 Å². The van der Waals surface area contributed by atoms with Crippen molar-refractivity contribution in [1.29, 1.82) is 0 Å². The zero-order valence-electron chi connectivity index (χ0n) is 15.3. The topological polar surface area (TPSA) is 66.5 Å². The van der Waals surface area contributed by atoms with Gasteiger partial charge in [0.1, 0.15) is 18.9 Å². The number of carbonyl (C=O) groups excluding carboxylic acids is 1. The highest BCUT2D eigenvalue weighted by Gasteiger charge is 2.38. The molecule has 172 valence electrons. The summed E-state index contributed by atoms with van der Waals surface area (Å²) in [6.07, 6.45) is -16.2. The predicted octanol–water partition coefficient (Wildman–Crippen LogP) is 4.87. The minimum absolute atomic E-state index is 0.134. The lowest BCUT2D eigenvalue weighted by Gasteiger charge is -2.27. The predicted molar refractivity (Wildman–Crippen MR) is 90.2 cm³/mol. The van der Waals surface area contributed by atoms with Gasteiger partial charge in [-0.1, -0.05) is 0 Å². The molecule has 0 aliphatic heterocycles. The molecule has 0 saturated heterocycles. The third kappa shape index (κ3) is 6.96. The van der Waals surface area contributed by atoms with Crippen molar-refractivity contribution in [3.63, 3.8) is 0 Å². The molecule has 1 heterocycles. The summed E-state index contributed by atoms with van der Waals surface area (Å²) in [6, 6.07) is 2.59. The van der Waals surface area contributed by atoms with Gasteiger partial charge < -0.3 is 9.64 Å². The van der Waals surface area contributed by atoms with Gasteiger partial charge in [-0.15, -0.1) is 0 Å². The van der Waals surface area contributed by atoms with Gasteiger partial charge in [-0.05, 0) is 24.3 Å². The van der Waals surface area contributed by atoms with E-state index in [1.165, 1.54) is 0 Å². The van der Waals surface area contributed by atoms with E-state index in [4.69, 9.17) is 0 Å². The summed E-state index contributed by atoms with van der Waals surface area (Å²) in [4.78, 5) is 14.7. The second-order valence-electron chi connectivity index (χ2n) is 6.08. The van der Waals surface area contributed by atoms with E-state index in [9.17, 15) is 44.3 Å². The van der Waals surface area contributed by atoms with Crippen molar-refractivity contribution < 1.29 is 49.0 Å². The lowest BCUT2D eigenvalue weighted by molar-refractivity contribution is -0.138. The molecule has 0 bridgehead atoms. The van der Waals surface area contributed by atoms with E-state index in [0.29, 0.717) is 12.1 Å². The molecule has 1 aromatic carbocycles. The molecule has 0 aliphatic rings. The maximum absolute atomic E-state index is 13.5. The normalized spacial score (nSPS) is 12.6. The molecule has 0 spiro atoms. The van der Waals surface area contributed by atoms with Gasteiger partial charge in [0.2, 0.25) is 0 Å². The summed E-state index contributed by atoms with van der Waals surface area (Å²) >= 11 is 0. The number of hydrogen-bond donors (Lipinski definition) is 2. The largest absolute Gasteiger partial charge is 0.452 e. The van der Waals surface area contributed by atoms with Crippen molar-refractivity contribution in [2.75, 3.05) is 30.5 Å². The lowest BCUT2D eigenvalue weighted by atomic mass is 10.1. The molecule has 15 heteroatoms. The number of halogens is 9. The Labute approximate surface area is 167 Å². The molecule has 2 aromatic rings. The average Bonchev–Trinajstić information content (AvgIpc) is 2.61. The molecule has 1 amide bonds. The molecule has 1 aromatic heterocycles. The number of alkyl halides is 9. The fourth-order valence-corrected chi connectivity index (χ4v) is 2.55. The monoisotopic (exact) mass is 464 g/mol. The van der Waals surface area contributed by atoms with Crippen molar-refractivity contribution >= 4 is 28.5 Å². The smallest absolute Gasteiger partial charge is 0.425 e. The van der Waals surface area contributed by atoms with Crippen LogP contribution in [0.5, 0.6) is 0 Å². The van der Waals surface area contributed by atoms with Gasteiger partial charge in [0.15, 0.2) is 0 Å². The first-order chi connectivity index (χ1) is 14.1. The first-order valence-electron chi connectivity index (χ1n) is 8.09. The van der Waals surface area contributed by atoms with Crippen LogP contribution >= 0.6 is 0 Å². The second kappa shape index (κ2) is 8.55. The number of benzene rings is 1. The molecule has 0 fully saturated rings. The number of ether oxygens (including phenoxy) is 1. The van der Waals surface area contributed by atoms with Crippen LogP contribution in [-0.4, -0.2) is 43.6 Å². The highest BCUT2D eigenvalue weighted by atomic mass is 19.4. The fourth-order valence-electron chi connectivity index (χ4n) is 2.55. The Morgan fingerprint density at radius 1 is 1.00 bits per heavy atom. The number of aromatic nitrogens is 1. The van der Waals surface area contributed by atoms with Gasteiger partial charge >= 0.3 is 24.6 Å². The summed E-state index contributed by atoms with van der Waals surface area (Å²) in [6.45, 7) is -4.06. The fraction of sp³-hybridized carbons (Fsp3) is 0.375. The van der Waals surface area contributed by atoms with Crippen LogP contribution in [-0.2, 0) is 10.9 Å². The zero-order chi connectivity index (χ0) is 23.6. The van der Waals surface area contributed by atoms with Crippen LogP contribution in [0.4, 0.5) is 55.8 Å². The molecule has 0 atom stereocenters. The minimum atomic E-state index is -5.04. The van der Waals surface area contributed by atoms with Gasteiger partial charge in [-0.2, -0.15) is 39.5 Å². The molecule has 2 N–H and O–H groups in total. The van der Waals surface area contributed by atoms with Gasteiger partial charge in [0, 0.05) is 11.1 Å². The van der Waals surface area contributed by atoms with Crippen molar-refractivity contribution in [2.24, 2.45) is 0 Å². The minimum Gasteiger partial charge on any atom is -0.452 e. The molecule has 0 radical (unpaired) electrons. The number of hydrogen-bond acceptors (Lipinski definition) is 5. The Balaban J connectivity index is 2.57. The number of amides is 1. The third-order valence-electron chi connectivity index (χ3n) is 3.68. The molecule has 0 saturated carbocycles. The number of anilines is 2. The number of hydrazine groups is 1. The molecule has 0 unspecified atom stereocenters. The van der Waals surface area contributed by atoms with E-state index in [-0.39, 0.29) is 4.90 Å².